The van der Waals surface area contributed by atoms with Gasteiger partial charge in [-0.2, -0.15) is 5.10 Å². The van der Waals surface area contributed by atoms with E-state index in [9.17, 15) is 9.59 Å². The Kier molecular flexibility index (Phi) is 8.21. The van der Waals surface area contributed by atoms with E-state index in [0.717, 1.165) is 15.6 Å². The van der Waals surface area contributed by atoms with E-state index >= 15 is 0 Å². The first-order chi connectivity index (χ1) is 15.9. The summed E-state index contributed by atoms with van der Waals surface area (Å²) < 4.78 is 17.1. The smallest absolute Gasteiger partial charge is 0.343 e. The van der Waals surface area contributed by atoms with Crippen LogP contribution in [-0.2, 0) is 4.79 Å². The maximum absolute atomic E-state index is 12.3. The molecule has 0 spiro atoms. The molecule has 0 saturated heterocycles. The van der Waals surface area contributed by atoms with Crippen molar-refractivity contribution in [3.05, 3.63) is 87.4 Å². The molecule has 3 aromatic rings. The quantitative estimate of drug-likeness (QED) is 0.203. The minimum absolute atomic E-state index is 0.159. The Balaban J connectivity index is 1.56. The van der Waals surface area contributed by atoms with Gasteiger partial charge in [-0.25, -0.2) is 10.2 Å². The molecule has 0 aliphatic heterocycles. The Hall–Kier alpha value is -3.65. The molecule has 170 valence electrons. The molecule has 7 nitrogen and oxygen atoms in total. The largest absolute Gasteiger partial charge is 0.493 e. The van der Waals surface area contributed by atoms with Crippen molar-refractivity contribution < 1.29 is 23.8 Å². The van der Waals surface area contributed by atoms with Gasteiger partial charge in [-0.15, -0.1) is 0 Å². The lowest BCUT2D eigenvalue weighted by molar-refractivity contribution is -0.123. The van der Waals surface area contributed by atoms with Crippen LogP contribution in [0.25, 0.3) is 0 Å². The van der Waals surface area contributed by atoms with Crippen LogP contribution in [0.5, 0.6) is 17.2 Å². The second-order valence-corrected chi connectivity index (χ2v) is 8.05. The van der Waals surface area contributed by atoms with Crippen molar-refractivity contribution in [3.8, 4) is 17.2 Å². The van der Waals surface area contributed by atoms with Crippen molar-refractivity contribution in [1.82, 2.24) is 5.43 Å². The topological polar surface area (TPSA) is 86.2 Å². The van der Waals surface area contributed by atoms with E-state index in [-0.39, 0.29) is 12.4 Å². The Bertz CT molecular complexity index is 1180. The normalized spacial score (nSPS) is 10.7. The highest BCUT2D eigenvalue weighted by Gasteiger charge is 2.13. The van der Waals surface area contributed by atoms with Crippen molar-refractivity contribution >= 4 is 34.0 Å². The van der Waals surface area contributed by atoms with E-state index in [2.05, 4.69) is 26.5 Å². The number of hydrogen-bond acceptors (Lipinski definition) is 6. The maximum atomic E-state index is 12.3. The first kappa shape index (κ1) is 24.0. The molecule has 0 radical (unpaired) electrons. The Morgan fingerprint density at radius 2 is 1.73 bits per heavy atom. The number of aryl methyl sites for hydroxylation is 2. The highest BCUT2D eigenvalue weighted by molar-refractivity contribution is 9.10. The van der Waals surface area contributed by atoms with Crippen molar-refractivity contribution in [2.24, 2.45) is 5.10 Å². The second kappa shape index (κ2) is 11.3. The van der Waals surface area contributed by atoms with Crippen LogP contribution in [0.2, 0.25) is 0 Å². The van der Waals surface area contributed by atoms with Crippen molar-refractivity contribution in [1.29, 1.82) is 0 Å². The summed E-state index contributed by atoms with van der Waals surface area (Å²) in [6.07, 6.45) is 1.46. The lowest BCUT2D eigenvalue weighted by Crippen LogP contribution is -2.24. The molecule has 0 atom stereocenters. The SMILES string of the molecule is COc1cc(C=NNC(=O)COc2ccc(C)c(C)c2)ccc1OC(=O)c1ccc(Br)cc1. The Morgan fingerprint density at radius 1 is 0.970 bits per heavy atom. The summed E-state index contributed by atoms with van der Waals surface area (Å²) in [5, 5.41) is 3.94. The molecular formula is C25H23BrN2O5. The van der Waals surface area contributed by atoms with Crippen LogP contribution >= 0.6 is 15.9 Å². The maximum Gasteiger partial charge on any atom is 0.343 e. The van der Waals surface area contributed by atoms with E-state index in [1.165, 1.54) is 13.3 Å². The summed E-state index contributed by atoms with van der Waals surface area (Å²) in [5.74, 6) is 0.354. The zero-order valence-electron chi connectivity index (χ0n) is 18.4. The van der Waals surface area contributed by atoms with Gasteiger partial charge in [0.15, 0.2) is 18.1 Å². The van der Waals surface area contributed by atoms with Crippen LogP contribution < -0.4 is 19.6 Å². The number of ether oxygens (including phenoxy) is 3. The van der Waals surface area contributed by atoms with Crippen LogP contribution in [0.15, 0.2) is 70.2 Å². The van der Waals surface area contributed by atoms with Crippen LogP contribution in [0.1, 0.15) is 27.0 Å². The third-order valence-corrected chi connectivity index (χ3v) is 5.25. The molecule has 0 unspecified atom stereocenters. The Morgan fingerprint density at radius 3 is 2.42 bits per heavy atom. The summed E-state index contributed by atoms with van der Waals surface area (Å²) in [6, 6.07) is 17.4. The number of hydrazone groups is 1. The molecule has 0 bridgehead atoms. The predicted molar refractivity (Wildman–Crippen MR) is 129 cm³/mol. The lowest BCUT2D eigenvalue weighted by Gasteiger charge is -2.10. The molecular weight excluding hydrogens is 488 g/mol. The highest BCUT2D eigenvalue weighted by atomic mass is 79.9. The molecule has 0 heterocycles. The van der Waals surface area contributed by atoms with E-state index in [4.69, 9.17) is 14.2 Å². The zero-order chi connectivity index (χ0) is 23.8. The van der Waals surface area contributed by atoms with E-state index < -0.39 is 11.9 Å². The van der Waals surface area contributed by atoms with Gasteiger partial charge >= 0.3 is 5.97 Å². The molecule has 3 rings (SSSR count). The van der Waals surface area contributed by atoms with Gasteiger partial charge in [0, 0.05) is 4.47 Å². The minimum atomic E-state index is -0.502. The summed E-state index contributed by atoms with van der Waals surface area (Å²) in [5.41, 5.74) is 5.71. The van der Waals surface area contributed by atoms with Gasteiger partial charge in [-0.05, 0) is 85.1 Å². The number of hydrogen-bond donors (Lipinski definition) is 1. The molecule has 0 fully saturated rings. The standard InChI is InChI=1S/C25H23BrN2O5/c1-16-4-10-21(12-17(16)2)32-15-24(29)28-27-14-18-5-11-22(23(13-18)31-3)33-25(30)19-6-8-20(26)9-7-19/h4-14H,15H2,1-3H3,(H,28,29). The van der Waals surface area contributed by atoms with Crippen LogP contribution in [0.4, 0.5) is 0 Å². The number of nitrogens with one attached hydrogen (secondary N) is 1. The summed E-state index contributed by atoms with van der Waals surface area (Å²) in [4.78, 5) is 24.3. The van der Waals surface area contributed by atoms with Gasteiger partial charge in [-0.3, -0.25) is 4.79 Å². The molecule has 3 aromatic carbocycles. The molecule has 1 N–H and O–H groups in total. The van der Waals surface area contributed by atoms with Crippen molar-refractivity contribution in [2.45, 2.75) is 13.8 Å². The number of nitrogens with zero attached hydrogens (tertiary/aromatic N) is 1. The second-order valence-electron chi connectivity index (χ2n) is 7.13. The molecule has 33 heavy (non-hydrogen) atoms. The number of benzene rings is 3. The van der Waals surface area contributed by atoms with E-state index in [1.54, 1.807) is 42.5 Å². The molecule has 0 aromatic heterocycles. The first-order valence-corrected chi connectivity index (χ1v) is 10.8. The van der Waals surface area contributed by atoms with Crippen LogP contribution in [0.3, 0.4) is 0 Å². The van der Waals surface area contributed by atoms with Crippen molar-refractivity contribution in [3.63, 3.8) is 0 Å². The fourth-order valence-electron chi connectivity index (χ4n) is 2.76. The van der Waals surface area contributed by atoms with Gasteiger partial charge < -0.3 is 14.2 Å². The number of rotatable bonds is 8. The Labute approximate surface area is 200 Å². The van der Waals surface area contributed by atoms with Gasteiger partial charge in [0.1, 0.15) is 5.75 Å². The van der Waals surface area contributed by atoms with Gasteiger partial charge in [0.2, 0.25) is 0 Å². The molecule has 0 aliphatic carbocycles. The average Bonchev–Trinajstić information content (AvgIpc) is 2.81. The van der Waals surface area contributed by atoms with Crippen LogP contribution in [0, 0.1) is 13.8 Å². The number of carbonyl (C=O) groups is 2. The number of halogens is 1. The minimum Gasteiger partial charge on any atom is -0.493 e. The van der Waals surface area contributed by atoms with Crippen molar-refractivity contribution in [2.75, 3.05) is 13.7 Å². The summed E-state index contributed by atoms with van der Waals surface area (Å²) in [6.45, 7) is 3.83. The third kappa shape index (κ3) is 6.92. The zero-order valence-corrected chi connectivity index (χ0v) is 20.0. The molecule has 1 amide bonds. The molecule has 0 saturated carbocycles. The number of carbonyl (C=O) groups excluding carboxylic acids is 2. The predicted octanol–water partition coefficient (Wildman–Crippen LogP) is 4.82. The van der Waals surface area contributed by atoms with Gasteiger partial charge in [0.05, 0.1) is 18.9 Å². The fraction of sp³-hybridized carbons (Fsp3) is 0.160. The third-order valence-electron chi connectivity index (χ3n) is 4.72. The van der Waals surface area contributed by atoms with E-state index in [0.29, 0.717) is 22.6 Å². The number of methoxy groups -OCH3 is 1. The number of esters is 1. The summed E-state index contributed by atoms with van der Waals surface area (Å²) in [7, 11) is 1.47. The molecule has 8 heteroatoms. The number of amides is 1. The van der Waals surface area contributed by atoms with Crippen LogP contribution in [-0.4, -0.2) is 31.8 Å². The summed E-state index contributed by atoms with van der Waals surface area (Å²) >= 11 is 3.33. The average molecular weight is 511 g/mol. The van der Waals surface area contributed by atoms with Gasteiger partial charge in [-0.1, -0.05) is 22.0 Å². The lowest BCUT2D eigenvalue weighted by atomic mass is 10.1. The first-order valence-electron chi connectivity index (χ1n) is 10.0. The molecule has 0 aliphatic rings. The monoisotopic (exact) mass is 510 g/mol. The van der Waals surface area contributed by atoms with Gasteiger partial charge in [0.25, 0.3) is 5.91 Å². The fourth-order valence-corrected chi connectivity index (χ4v) is 3.02. The van der Waals surface area contributed by atoms with E-state index in [1.807, 2.05) is 32.0 Å². The highest BCUT2D eigenvalue weighted by Crippen LogP contribution is 2.28.